The van der Waals surface area contributed by atoms with Crippen LogP contribution in [0.2, 0.25) is 0 Å². The second-order valence-corrected chi connectivity index (χ2v) is 6.85. The highest BCUT2D eigenvalue weighted by Gasteiger charge is 2.42. The fourth-order valence-electron chi connectivity index (χ4n) is 4.36. The van der Waals surface area contributed by atoms with Gasteiger partial charge in [-0.25, -0.2) is 0 Å². The molecule has 2 aliphatic heterocycles. The lowest BCUT2D eigenvalue weighted by Gasteiger charge is -2.51. The molecule has 3 heteroatoms. The summed E-state index contributed by atoms with van der Waals surface area (Å²) in [4.78, 5) is 2.82. The average Bonchev–Trinajstić information content (AvgIpc) is 2.96. The third-order valence-electron chi connectivity index (χ3n) is 5.47. The van der Waals surface area contributed by atoms with E-state index in [1.165, 1.54) is 64.5 Å². The molecule has 1 aliphatic carbocycles. The van der Waals surface area contributed by atoms with Crippen LogP contribution in [0, 0.1) is 0 Å². The van der Waals surface area contributed by atoms with Gasteiger partial charge in [0.05, 0.1) is 6.61 Å². The monoisotopic (exact) mass is 266 g/mol. The molecule has 1 spiro atoms. The Morgan fingerprint density at radius 2 is 2.11 bits per heavy atom. The lowest BCUT2D eigenvalue weighted by atomic mass is 9.78. The summed E-state index contributed by atoms with van der Waals surface area (Å²) in [5.41, 5.74) is 0.436. The molecule has 2 atom stereocenters. The summed E-state index contributed by atoms with van der Waals surface area (Å²) in [5.74, 6) is 0. The molecular weight excluding hydrogens is 236 g/mol. The quantitative estimate of drug-likeness (QED) is 0.849. The van der Waals surface area contributed by atoms with Gasteiger partial charge in [0.2, 0.25) is 0 Å². The lowest BCUT2D eigenvalue weighted by Crippen LogP contribution is -2.66. The summed E-state index contributed by atoms with van der Waals surface area (Å²) in [7, 11) is 0. The number of nitrogens with one attached hydrogen (secondary N) is 1. The van der Waals surface area contributed by atoms with Crippen LogP contribution >= 0.6 is 0 Å². The van der Waals surface area contributed by atoms with Gasteiger partial charge in [0.15, 0.2) is 0 Å². The Morgan fingerprint density at radius 1 is 1.26 bits per heavy atom. The van der Waals surface area contributed by atoms with Gasteiger partial charge in [-0.3, -0.25) is 4.90 Å². The van der Waals surface area contributed by atoms with Gasteiger partial charge in [0, 0.05) is 37.3 Å². The maximum absolute atomic E-state index is 5.65. The Kier molecular flexibility index (Phi) is 4.45. The molecule has 0 aromatic rings. The zero-order valence-corrected chi connectivity index (χ0v) is 12.5. The van der Waals surface area contributed by atoms with Gasteiger partial charge in [-0.15, -0.1) is 0 Å². The smallest absolute Gasteiger partial charge is 0.0622 e. The fourth-order valence-corrected chi connectivity index (χ4v) is 4.36. The summed E-state index contributed by atoms with van der Waals surface area (Å²) in [6, 6.07) is 1.43. The van der Waals surface area contributed by atoms with Gasteiger partial charge >= 0.3 is 0 Å². The van der Waals surface area contributed by atoms with E-state index >= 15 is 0 Å². The predicted molar refractivity (Wildman–Crippen MR) is 78.4 cm³/mol. The van der Waals surface area contributed by atoms with Crippen molar-refractivity contribution in [1.82, 2.24) is 10.2 Å². The number of rotatable bonds is 3. The molecule has 0 amide bonds. The zero-order chi connectivity index (χ0) is 13.1. The van der Waals surface area contributed by atoms with E-state index in [1.807, 2.05) is 0 Å². The third-order valence-corrected chi connectivity index (χ3v) is 5.47. The van der Waals surface area contributed by atoms with Gasteiger partial charge in [-0.2, -0.15) is 0 Å². The summed E-state index contributed by atoms with van der Waals surface area (Å²) in [6.45, 7) is 6.72. The van der Waals surface area contributed by atoms with Gasteiger partial charge in [-0.1, -0.05) is 32.6 Å². The first-order chi connectivity index (χ1) is 9.33. The van der Waals surface area contributed by atoms with Crippen molar-refractivity contribution >= 4 is 0 Å². The van der Waals surface area contributed by atoms with E-state index in [4.69, 9.17) is 4.74 Å². The Labute approximate surface area is 118 Å². The zero-order valence-electron chi connectivity index (χ0n) is 12.5. The highest BCUT2D eigenvalue weighted by Crippen LogP contribution is 2.34. The Morgan fingerprint density at radius 3 is 2.79 bits per heavy atom. The van der Waals surface area contributed by atoms with Crippen LogP contribution < -0.4 is 5.32 Å². The number of hydrogen-bond donors (Lipinski definition) is 1. The Hall–Kier alpha value is -0.120. The summed E-state index contributed by atoms with van der Waals surface area (Å²) >= 11 is 0. The molecule has 1 N–H and O–H groups in total. The van der Waals surface area contributed by atoms with Crippen LogP contribution in [0.15, 0.2) is 0 Å². The maximum atomic E-state index is 5.65. The van der Waals surface area contributed by atoms with Crippen molar-refractivity contribution in [3.63, 3.8) is 0 Å². The molecule has 0 bridgehead atoms. The molecule has 110 valence electrons. The van der Waals surface area contributed by atoms with E-state index in [2.05, 4.69) is 17.1 Å². The highest BCUT2D eigenvalue weighted by atomic mass is 16.5. The molecule has 0 aromatic carbocycles. The number of piperazine rings is 1. The van der Waals surface area contributed by atoms with Crippen molar-refractivity contribution in [3.05, 3.63) is 0 Å². The molecule has 19 heavy (non-hydrogen) atoms. The van der Waals surface area contributed by atoms with Gasteiger partial charge in [-0.05, 0) is 25.7 Å². The van der Waals surface area contributed by atoms with Crippen LogP contribution in [0.4, 0.5) is 0 Å². The van der Waals surface area contributed by atoms with Crippen molar-refractivity contribution in [2.45, 2.75) is 75.9 Å². The molecule has 1 saturated carbocycles. The van der Waals surface area contributed by atoms with E-state index in [0.29, 0.717) is 11.6 Å². The van der Waals surface area contributed by atoms with E-state index in [-0.39, 0.29) is 0 Å². The molecule has 2 unspecified atom stereocenters. The second-order valence-electron chi connectivity index (χ2n) is 6.85. The first-order valence-electron chi connectivity index (χ1n) is 8.41. The first kappa shape index (κ1) is 13.8. The van der Waals surface area contributed by atoms with Crippen molar-refractivity contribution in [2.24, 2.45) is 0 Å². The molecule has 2 heterocycles. The number of hydrogen-bond acceptors (Lipinski definition) is 3. The van der Waals surface area contributed by atoms with Crippen LogP contribution in [-0.4, -0.2) is 48.8 Å². The van der Waals surface area contributed by atoms with Crippen LogP contribution in [0.3, 0.4) is 0 Å². The highest BCUT2D eigenvalue weighted by molar-refractivity contribution is 5.01. The summed E-state index contributed by atoms with van der Waals surface area (Å²) in [6.07, 6.45) is 10.9. The number of nitrogens with zero attached hydrogens (tertiary/aromatic N) is 1. The largest absolute Gasteiger partial charge is 0.380 e. The van der Waals surface area contributed by atoms with Gasteiger partial charge in [0.1, 0.15) is 0 Å². The van der Waals surface area contributed by atoms with Crippen molar-refractivity contribution in [2.75, 3.05) is 26.3 Å². The molecule has 3 fully saturated rings. The standard InChI is InChI=1S/C16H30N2O/c1-2-6-14-11-17-16(8-4-3-5-9-16)13-18(14)15-7-10-19-12-15/h14-15,17H,2-13H2,1H3. The van der Waals surface area contributed by atoms with E-state index < -0.39 is 0 Å². The maximum Gasteiger partial charge on any atom is 0.0622 e. The Bertz CT molecular complexity index is 282. The molecule has 3 rings (SSSR count). The average molecular weight is 266 g/mol. The molecule has 3 nitrogen and oxygen atoms in total. The van der Waals surface area contributed by atoms with Crippen LogP contribution in [0.25, 0.3) is 0 Å². The minimum absolute atomic E-state index is 0.436. The van der Waals surface area contributed by atoms with E-state index in [0.717, 1.165) is 19.3 Å². The molecule has 3 aliphatic rings. The van der Waals surface area contributed by atoms with Crippen molar-refractivity contribution in [3.8, 4) is 0 Å². The van der Waals surface area contributed by atoms with Gasteiger partial charge < -0.3 is 10.1 Å². The topological polar surface area (TPSA) is 24.5 Å². The molecule has 2 saturated heterocycles. The van der Waals surface area contributed by atoms with Gasteiger partial charge in [0.25, 0.3) is 0 Å². The SMILES string of the molecule is CCCC1CNC2(CCCCC2)CN1C1CCOC1. The van der Waals surface area contributed by atoms with Crippen molar-refractivity contribution in [1.29, 1.82) is 0 Å². The van der Waals surface area contributed by atoms with E-state index in [1.54, 1.807) is 0 Å². The van der Waals surface area contributed by atoms with Crippen LogP contribution in [-0.2, 0) is 4.74 Å². The molecule has 0 aromatic heterocycles. The Balaban J connectivity index is 1.70. The second kappa shape index (κ2) is 6.11. The fraction of sp³-hybridized carbons (Fsp3) is 1.00. The van der Waals surface area contributed by atoms with E-state index in [9.17, 15) is 0 Å². The minimum Gasteiger partial charge on any atom is -0.380 e. The van der Waals surface area contributed by atoms with Crippen LogP contribution in [0.5, 0.6) is 0 Å². The van der Waals surface area contributed by atoms with Crippen molar-refractivity contribution < 1.29 is 4.74 Å². The number of ether oxygens (including phenoxy) is 1. The lowest BCUT2D eigenvalue weighted by molar-refractivity contribution is 0.0166. The predicted octanol–water partition coefficient (Wildman–Crippen LogP) is 2.55. The normalized spacial score (nSPS) is 35.8. The summed E-state index contributed by atoms with van der Waals surface area (Å²) < 4.78 is 5.65. The summed E-state index contributed by atoms with van der Waals surface area (Å²) in [5, 5.41) is 3.94. The van der Waals surface area contributed by atoms with Crippen LogP contribution in [0.1, 0.15) is 58.3 Å². The molecular formula is C16H30N2O. The molecule has 0 radical (unpaired) electrons. The first-order valence-corrected chi connectivity index (χ1v) is 8.41. The minimum atomic E-state index is 0.436. The third kappa shape index (κ3) is 2.98.